The largest absolute Gasteiger partial charge is 0.497 e. The molecule has 0 aromatic heterocycles. The molecule has 1 saturated heterocycles. The zero-order valence-electron chi connectivity index (χ0n) is 24.4. The Kier molecular flexibility index (Phi) is 9.71. The van der Waals surface area contributed by atoms with Gasteiger partial charge in [-0.05, 0) is 53.7 Å². The Balaban J connectivity index is 1.99. The quantitative estimate of drug-likeness (QED) is 0.483. The number of nitrogens with zero attached hydrogens (tertiary/aromatic N) is 3. The van der Waals surface area contributed by atoms with E-state index in [0.29, 0.717) is 61.1 Å². The van der Waals surface area contributed by atoms with Crippen LogP contribution in [0.5, 0.6) is 11.5 Å². The Labute approximate surface area is 231 Å². The third kappa shape index (κ3) is 6.95. The van der Waals surface area contributed by atoms with Crippen molar-refractivity contribution in [3.05, 3.63) is 35.0 Å². The Morgan fingerprint density at radius 3 is 2.41 bits per heavy atom. The molecule has 2 aliphatic rings. The number of likely N-dealkylation sites (N-methyl/N-ethyl adjacent to an activating group) is 1. The molecule has 0 spiro atoms. The average molecular weight is 546 g/mol. The second kappa shape index (κ2) is 12.6. The molecular formula is C28H43N5O6. The second-order valence-corrected chi connectivity index (χ2v) is 10.8. The second-order valence-electron chi connectivity index (χ2n) is 10.8. The van der Waals surface area contributed by atoms with Crippen molar-refractivity contribution in [2.24, 2.45) is 0 Å². The van der Waals surface area contributed by atoms with E-state index in [1.165, 1.54) is 7.11 Å². The van der Waals surface area contributed by atoms with Crippen molar-refractivity contribution in [1.29, 1.82) is 0 Å². The predicted molar refractivity (Wildman–Crippen MR) is 148 cm³/mol. The lowest BCUT2D eigenvalue weighted by Crippen LogP contribution is -2.59. The van der Waals surface area contributed by atoms with Gasteiger partial charge in [-0.15, -0.1) is 0 Å². The van der Waals surface area contributed by atoms with Crippen LogP contribution in [0.4, 0.5) is 9.59 Å². The molecule has 2 atom stereocenters. The average Bonchev–Trinajstić information content (AvgIpc) is 2.87. The fourth-order valence-corrected chi connectivity index (χ4v) is 5.03. The highest BCUT2D eigenvalue weighted by molar-refractivity contribution is 5.95. The summed E-state index contributed by atoms with van der Waals surface area (Å²) in [5, 5.41) is 6.02. The number of hydrogen-bond donors (Lipinski definition) is 2. The molecule has 11 heteroatoms. The molecular weight excluding hydrogens is 502 g/mol. The number of methoxy groups -OCH3 is 2. The number of carbonyl (C=O) groups is 3. The Bertz CT molecular complexity index is 1100. The zero-order chi connectivity index (χ0) is 28.9. The van der Waals surface area contributed by atoms with Gasteiger partial charge in [0.2, 0.25) is 0 Å². The third-order valence-electron chi connectivity index (χ3n) is 6.83. The van der Waals surface area contributed by atoms with E-state index in [2.05, 4.69) is 15.5 Å². The molecule has 1 aromatic carbocycles. The number of ether oxygens (including phenoxy) is 3. The monoisotopic (exact) mass is 545 g/mol. The molecule has 0 bridgehead atoms. The summed E-state index contributed by atoms with van der Waals surface area (Å²) in [5.74, 6) is 0.583. The summed E-state index contributed by atoms with van der Waals surface area (Å²) in [5.41, 5.74) is 1.24. The molecule has 11 nitrogen and oxygen atoms in total. The van der Waals surface area contributed by atoms with Crippen LogP contribution in [0.2, 0.25) is 0 Å². The summed E-state index contributed by atoms with van der Waals surface area (Å²) in [6.45, 7) is 14.1. The van der Waals surface area contributed by atoms with Crippen LogP contribution in [-0.4, -0.2) is 97.9 Å². The highest BCUT2D eigenvalue weighted by Gasteiger charge is 2.40. The van der Waals surface area contributed by atoms with E-state index in [1.807, 2.05) is 39.5 Å². The molecule has 2 heterocycles. The molecule has 2 unspecified atom stereocenters. The highest BCUT2D eigenvalue weighted by Crippen LogP contribution is 2.38. The maximum atomic E-state index is 13.5. The summed E-state index contributed by atoms with van der Waals surface area (Å²) in [6, 6.07) is 4.04. The van der Waals surface area contributed by atoms with E-state index in [9.17, 15) is 14.4 Å². The van der Waals surface area contributed by atoms with Gasteiger partial charge in [0.1, 0.15) is 11.5 Å². The van der Waals surface area contributed by atoms with E-state index in [0.717, 1.165) is 0 Å². The van der Waals surface area contributed by atoms with Crippen molar-refractivity contribution in [3.63, 3.8) is 0 Å². The van der Waals surface area contributed by atoms with Crippen molar-refractivity contribution in [1.82, 2.24) is 25.3 Å². The van der Waals surface area contributed by atoms with Crippen LogP contribution in [0.3, 0.4) is 0 Å². The SMILES string of the molecule is CCOC(=O)C1=C(CN2CCN(C(=O)NC(C)(C)C)C(C)C2)N(CC)C(=O)NC1c1ccc(OC)cc1OC. The number of hydrogen-bond acceptors (Lipinski definition) is 7. The zero-order valence-corrected chi connectivity index (χ0v) is 24.4. The van der Waals surface area contributed by atoms with Crippen LogP contribution >= 0.6 is 0 Å². The van der Waals surface area contributed by atoms with E-state index >= 15 is 0 Å². The minimum absolute atomic E-state index is 0.0577. The van der Waals surface area contributed by atoms with Crippen LogP contribution in [-0.2, 0) is 9.53 Å². The van der Waals surface area contributed by atoms with Crippen LogP contribution in [0, 0.1) is 0 Å². The topological polar surface area (TPSA) is 113 Å². The lowest BCUT2D eigenvalue weighted by Gasteiger charge is -2.43. The van der Waals surface area contributed by atoms with Crippen molar-refractivity contribution in [3.8, 4) is 11.5 Å². The van der Waals surface area contributed by atoms with Gasteiger partial charge in [-0.2, -0.15) is 0 Å². The van der Waals surface area contributed by atoms with Crippen LogP contribution in [0.25, 0.3) is 0 Å². The third-order valence-corrected chi connectivity index (χ3v) is 6.83. The predicted octanol–water partition coefficient (Wildman–Crippen LogP) is 3.12. The smallest absolute Gasteiger partial charge is 0.338 e. The molecule has 0 aliphatic carbocycles. The van der Waals surface area contributed by atoms with Gasteiger partial charge in [-0.25, -0.2) is 14.4 Å². The van der Waals surface area contributed by atoms with Crippen LogP contribution in [0.1, 0.15) is 53.1 Å². The molecule has 2 N–H and O–H groups in total. The first kappa shape index (κ1) is 30.1. The number of rotatable bonds is 8. The summed E-state index contributed by atoms with van der Waals surface area (Å²) in [7, 11) is 3.10. The van der Waals surface area contributed by atoms with Crippen LogP contribution in [0.15, 0.2) is 29.5 Å². The fourth-order valence-electron chi connectivity index (χ4n) is 5.03. The van der Waals surface area contributed by atoms with Crippen molar-refractivity contribution < 1.29 is 28.6 Å². The minimum atomic E-state index is -0.772. The van der Waals surface area contributed by atoms with Gasteiger partial charge in [-0.1, -0.05) is 0 Å². The Hall–Kier alpha value is -3.47. The van der Waals surface area contributed by atoms with Gasteiger partial charge in [0, 0.05) is 61.6 Å². The van der Waals surface area contributed by atoms with Crippen LogP contribution < -0.4 is 20.1 Å². The van der Waals surface area contributed by atoms with Gasteiger partial charge in [0.25, 0.3) is 0 Å². The number of carbonyl (C=O) groups excluding carboxylic acids is 3. The van der Waals surface area contributed by atoms with Crippen molar-refractivity contribution in [2.45, 2.75) is 59.2 Å². The Morgan fingerprint density at radius 2 is 1.85 bits per heavy atom. The van der Waals surface area contributed by atoms with Gasteiger partial charge in [-0.3, -0.25) is 9.80 Å². The highest BCUT2D eigenvalue weighted by atomic mass is 16.5. The number of amides is 4. The summed E-state index contributed by atoms with van der Waals surface area (Å²) < 4.78 is 16.4. The number of nitrogens with one attached hydrogen (secondary N) is 2. The fraction of sp³-hybridized carbons (Fsp3) is 0.607. The lowest BCUT2D eigenvalue weighted by molar-refractivity contribution is -0.139. The first-order chi connectivity index (χ1) is 18.4. The maximum absolute atomic E-state index is 13.5. The van der Waals surface area contributed by atoms with E-state index in [4.69, 9.17) is 14.2 Å². The summed E-state index contributed by atoms with van der Waals surface area (Å²) >= 11 is 0. The lowest BCUT2D eigenvalue weighted by atomic mass is 9.93. The molecule has 1 fully saturated rings. The molecule has 4 amide bonds. The maximum Gasteiger partial charge on any atom is 0.338 e. The summed E-state index contributed by atoms with van der Waals surface area (Å²) in [6.07, 6.45) is 0. The molecule has 1 aromatic rings. The van der Waals surface area contributed by atoms with E-state index in [-0.39, 0.29) is 30.2 Å². The Morgan fingerprint density at radius 1 is 1.13 bits per heavy atom. The molecule has 0 radical (unpaired) electrons. The molecule has 0 saturated carbocycles. The number of urea groups is 2. The molecule has 3 rings (SSSR count). The number of esters is 1. The van der Waals surface area contributed by atoms with Crippen molar-refractivity contribution in [2.75, 3.05) is 53.6 Å². The molecule has 39 heavy (non-hydrogen) atoms. The van der Waals surface area contributed by atoms with E-state index in [1.54, 1.807) is 37.1 Å². The van der Waals surface area contributed by atoms with Crippen molar-refractivity contribution >= 4 is 18.0 Å². The van der Waals surface area contributed by atoms with Gasteiger partial charge < -0.3 is 29.7 Å². The molecule has 2 aliphatic heterocycles. The summed E-state index contributed by atoms with van der Waals surface area (Å²) in [4.78, 5) is 45.2. The van der Waals surface area contributed by atoms with Gasteiger partial charge >= 0.3 is 18.0 Å². The number of piperazine rings is 1. The van der Waals surface area contributed by atoms with Gasteiger partial charge in [0.05, 0.1) is 32.4 Å². The number of benzene rings is 1. The minimum Gasteiger partial charge on any atom is -0.497 e. The van der Waals surface area contributed by atoms with Gasteiger partial charge in [0.15, 0.2) is 0 Å². The first-order valence-electron chi connectivity index (χ1n) is 13.4. The standard InChI is InChI=1S/C28H43N5O6/c1-9-32-21(17-31-13-14-33(18(3)16-31)27(36)30-28(4,5)6)23(25(34)39-10-2)24(29-26(32)35)20-12-11-19(37-7)15-22(20)38-8/h11-12,15,18,24H,9-10,13-14,16-17H2,1-8H3,(H,29,35)(H,30,36). The normalized spacial score (nSPS) is 20.5. The molecule has 216 valence electrons. The van der Waals surface area contributed by atoms with E-state index < -0.39 is 12.0 Å². The first-order valence-corrected chi connectivity index (χ1v) is 13.4.